The van der Waals surface area contributed by atoms with Gasteiger partial charge in [0.2, 0.25) is 11.1 Å². The molecule has 1 aromatic heterocycles. The summed E-state index contributed by atoms with van der Waals surface area (Å²) in [5.74, 6) is 2.68. The first-order valence-corrected chi connectivity index (χ1v) is 9.91. The minimum Gasteiger partial charge on any atom is -0.497 e. The Morgan fingerprint density at radius 1 is 1.07 bits per heavy atom. The van der Waals surface area contributed by atoms with Crippen LogP contribution in [0.1, 0.15) is 6.92 Å². The molecular formula is C20H22N4O4S. The summed E-state index contributed by atoms with van der Waals surface area (Å²) in [6.45, 7) is 2.52. The third kappa shape index (κ3) is 5.64. The number of benzene rings is 2. The Hall–Kier alpha value is -3.20. The van der Waals surface area contributed by atoms with Crippen LogP contribution in [0.25, 0.3) is 11.4 Å². The topological polar surface area (TPSA) is 98.4 Å². The summed E-state index contributed by atoms with van der Waals surface area (Å²) in [4.78, 5) is 16.6. The summed E-state index contributed by atoms with van der Waals surface area (Å²) in [5.41, 5.74) is 1.48. The fraction of sp³-hybridized carbons (Fsp3) is 0.250. The van der Waals surface area contributed by atoms with Crippen LogP contribution in [0.4, 0.5) is 5.69 Å². The van der Waals surface area contributed by atoms with Gasteiger partial charge in [-0.15, -0.1) is 5.10 Å². The van der Waals surface area contributed by atoms with Gasteiger partial charge >= 0.3 is 0 Å². The summed E-state index contributed by atoms with van der Waals surface area (Å²) in [6, 6.07) is 12.7. The number of aromatic nitrogens is 3. The molecular weight excluding hydrogens is 392 g/mol. The average Bonchev–Trinajstić information content (AvgIpc) is 3.22. The second-order valence-electron chi connectivity index (χ2n) is 5.86. The van der Waals surface area contributed by atoms with E-state index < -0.39 is 0 Å². The van der Waals surface area contributed by atoms with Gasteiger partial charge in [0.1, 0.15) is 17.2 Å². The van der Waals surface area contributed by atoms with E-state index in [1.807, 2.05) is 31.2 Å². The number of aromatic amines is 1. The molecule has 0 aliphatic rings. The molecule has 0 fully saturated rings. The molecule has 3 rings (SSSR count). The monoisotopic (exact) mass is 414 g/mol. The Bertz CT molecular complexity index is 937. The number of thioether (sulfide) groups is 1. The van der Waals surface area contributed by atoms with Crippen molar-refractivity contribution in [2.75, 3.05) is 31.9 Å². The first kappa shape index (κ1) is 20.5. The fourth-order valence-corrected chi connectivity index (χ4v) is 3.11. The van der Waals surface area contributed by atoms with Gasteiger partial charge < -0.3 is 19.5 Å². The Morgan fingerprint density at radius 2 is 1.76 bits per heavy atom. The van der Waals surface area contributed by atoms with Gasteiger partial charge in [-0.1, -0.05) is 11.8 Å². The predicted molar refractivity (Wildman–Crippen MR) is 112 cm³/mol. The van der Waals surface area contributed by atoms with Gasteiger partial charge in [0.05, 0.1) is 26.6 Å². The van der Waals surface area contributed by atoms with Crippen LogP contribution in [0, 0.1) is 0 Å². The number of H-pyrrole nitrogens is 1. The predicted octanol–water partition coefficient (Wildman–Crippen LogP) is 3.62. The van der Waals surface area contributed by atoms with Crippen LogP contribution in [-0.2, 0) is 4.79 Å². The maximum Gasteiger partial charge on any atom is 0.234 e. The molecule has 0 spiro atoms. The molecule has 0 aliphatic heterocycles. The highest BCUT2D eigenvalue weighted by Crippen LogP contribution is 2.28. The zero-order valence-corrected chi connectivity index (χ0v) is 17.2. The molecule has 8 nitrogen and oxygen atoms in total. The van der Waals surface area contributed by atoms with Crippen molar-refractivity contribution in [2.24, 2.45) is 0 Å². The van der Waals surface area contributed by atoms with E-state index in [0.29, 0.717) is 34.8 Å². The van der Waals surface area contributed by atoms with Crippen molar-refractivity contribution in [3.8, 4) is 28.6 Å². The lowest BCUT2D eigenvalue weighted by molar-refractivity contribution is -0.113. The van der Waals surface area contributed by atoms with E-state index >= 15 is 0 Å². The third-order valence-electron chi connectivity index (χ3n) is 3.87. The summed E-state index contributed by atoms with van der Waals surface area (Å²) >= 11 is 1.24. The first-order valence-electron chi connectivity index (χ1n) is 8.92. The highest BCUT2D eigenvalue weighted by atomic mass is 32.2. The number of amides is 1. The van der Waals surface area contributed by atoms with Gasteiger partial charge in [0.15, 0.2) is 5.82 Å². The van der Waals surface area contributed by atoms with Crippen molar-refractivity contribution in [3.05, 3.63) is 42.5 Å². The molecule has 0 aliphatic carbocycles. The van der Waals surface area contributed by atoms with Crippen molar-refractivity contribution in [1.29, 1.82) is 0 Å². The van der Waals surface area contributed by atoms with Crippen molar-refractivity contribution < 1.29 is 19.0 Å². The van der Waals surface area contributed by atoms with Crippen LogP contribution >= 0.6 is 11.8 Å². The van der Waals surface area contributed by atoms with Gasteiger partial charge in [-0.05, 0) is 43.3 Å². The van der Waals surface area contributed by atoms with Gasteiger partial charge in [-0.3, -0.25) is 9.89 Å². The van der Waals surface area contributed by atoms with Gasteiger partial charge in [-0.25, -0.2) is 4.98 Å². The number of hydrogen-bond donors (Lipinski definition) is 2. The maximum absolute atomic E-state index is 12.2. The fourth-order valence-electron chi connectivity index (χ4n) is 2.51. The SMILES string of the molecule is CCOc1ccc(NC(=O)CSc2n[nH]c(-c3cc(OC)cc(OC)c3)n2)cc1. The van der Waals surface area contributed by atoms with Crippen molar-refractivity contribution in [3.63, 3.8) is 0 Å². The zero-order valence-electron chi connectivity index (χ0n) is 16.4. The molecule has 152 valence electrons. The lowest BCUT2D eigenvalue weighted by atomic mass is 10.2. The van der Waals surface area contributed by atoms with Crippen molar-refractivity contribution >= 4 is 23.4 Å². The molecule has 29 heavy (non-hydrogen) atoms. The van der Waals surface area contributed by atoms with E-state index in [2.05, 4.69) is 20.5 Å². The number of rotatable bonds is 9. The molecule has 0 saturated heterocycles. The van der Waals surface area contributed by atoms with E-state index in [1.165, 1.54) is 11.8 Å². The first-order chi connectivity index (χ1) is 14.1. The Morgan fingerprint density at radius 3 is 2.38 bits per heavy atom. The molecule has 3 aromatic rings. The summed E-state index contributed by atoms with van der Waals surface area (Å²) < 4.78 is 15.9. The summed E-state index contributed by atoms with van der Waals surface area (Å²) in [6.07, 6.45) is 0. The van der Waals surface area contributed by atoms with Crippen LogP contribution in [-0.4, -0.2) is 47.7 Å². The number of carbonyl (C=O) groups excluding carboxylic acids is 1. The van der Waals surface area contributed by atoms with Crippen LogP contribution in [0.2, 0.25) is 0 Å². The molecule has 0 atom stereocenters. The molecule has 0 saturated carbocycles. The lowest BCUT2D eigenvalue weighted by Crippen LogP contribution is -2.14. The quantitative estimate of drug-likeness (QED) is 0.516. The third-order valence-corrected chi connectivity index (χ3v) is 4.72. The van der Waals surface area contributed by atoms with E-state index in [0.717, 1.165) is 11.3 Å². The molecule has 1 amide bonds. The van der Waals surface area contributed by atoms with Gasteiger partial charge in [-0.2, -0.15) is 0 Å². The number of nitrogens with one attached hydrogen (secondary N) is 2. The maximum atomic E-state index is 12.2. The normalized spacial score (nSPS) is 10.4. The number of methoxy groups -OCH3 is 2. The van der Waals surface area contributed by atoms with Crippen molar-refractivity contribution in [2.45, 2.75) is 12.1 Å². The molecule has 1 heterocycles. The molecule has 2 aromatic carbocycles. The van der Waals surface area contributed by atoms with E-state index in [-0.39, 0.29) is 11.7 Å². The van der Waals surface area contributed by atoms with Crippen LogP contribution < -0.4 is 19.5 Å². The Balaban J connectivity index is 1.58. The van der Waals surface area contributed by atoms with Crippen LogP contribution in [0.3, 0.4) is 0 Å². The van der Waals surface area contributed by atoms with Crippen LogP contribution in [0.5, 0.6) is 17.2 Å². The van der Waals surface area contributed by atoms with Crippen molar-refractivity contribution in [1.82, 2.24) is 15.2 Å². The number of anilines is 1. The van der Waals surface area contributed by atoms with Crippen LogP contribution in [0.15, 0.2) is 47.6 Å². The molecule has 0 radical (unpaired) electrons. The highest BCUT2D eigenvalue weighted by Gasteiger charge is 2.11. The summed E-state index contributed by atoms with van der Waals surface area (Å²) in [7, 11) is 3.17. The Labute approximate surface area is 173 Å². The number of carbonyl (C=O) groups is 1. The molecule has 0 unspecified atom stereocenters. The number of nitrogens with zero attached hydrogens (tertiary/aromatic N) is 2. The minimum atomic E-state index is -0.145. The lowest BCUT2D eigenvalue weighted by Gasteiger charge is -2.06. The smallest absolute Gasteiger partial charge is 0.234 e. The number of hydrogen-bond acceptors (Lipinski definition) is 7. The highest BCUT2D eigenvalue weighted by molar-refractivity contribution is 7.99. The van der Waals surface area contributed by atoms with Gasteiger partial charge in [0, 0.05) is 17.3 Å². The standard InChI is InChI=1S/C20H22N4O4S/c1-4-28-15-7-5-14(6-8-15)21-18(25)12-29-20-22-19(23-24-20)13-9-16(26-2)11-17(10-13)27-3/h5-11H,4,12H2,1-3H3,(H,21,25)(H,22,23,24). The average molecular weight is 414 g/mol. The van der Waals surface area contributed by atoms with E-state index in [9.17, 15) is 4.79 Å². The van der Waals surface area contributed by atoms with E-state index in [4.69, 9.17) is 14.2 Å². The molecule has 0 bridgehead atoms. The Kier molecular flexibility index (Phi) is 6.96. The molecule has 9 heteroatoms. The summed E-state index contributed by atoms with van der Waals surface area (Å²) in [5, 5.41) is 10.4. The van der Waals surface area contributed by atoms with Gasteiger partial charge in [0.25, 0.3) is 0 Å². The minimum absolute atomic E-state index is 0.145. The molecule has 2 N–H and O–H groups in total. The largest absolute Gasteiger partial charge is 0.497 e. The number of ether oxygens (including phenoxy) is 3. The second kappa shape index (κ2) is 9.83. The second-order valence-corrected chi connectivity index (χ2v) is 6.80. The van der Waals surface area contributed by atoms with E-state index in [1.54, 1.807) is 32.4 Å². The zero-order chi connectivity index (χ0) is 20.6.